The van der Waals surface area contributed by atoms with E-state index >= 15 is 0 Å². The van der Waals surface area contributed by atoms with Gasteiger partial charge in [-0.3, -0.25) is 4.79 Å². The number of carbonyl (C=O) groups is 1. The third-order valence-electron chi connectivity index (χ3n) is 4.48. The highest BCUT2D eigenvalue weighted by Crippen LogP contribution is 2.30. The molecular formula is C19H23N3O3S2. The van der Waals surface area contributed by atoms with Gasteiger partial charge < -0.3 is 10.2 Å². The van der Waals surface area contributed by atoms with E-state index in [0.717, 1.165) is 10.6 Å². The Balaban J connectivity index is 1.78. The predicted molar refractivity (Wildman–Crippen MR) is 110 cm³/mol. The van der Waals surface area contributed by atoms with Crippen molar-refractivity contribution < 1.29 is 13.2 Å². The van der Waals surface area contributed by atoms with Gasteiger partial charge in [-0.1, -0.05) is 18.2 Å². The number of sulfonamides is 1. The Morgan fingerprint density at radius 3 is 2.30 bits per heavy atom. The minimum Gasteiger partial charge on any atom is -0.369 e. The summed E-state index contributed by atoms with van der Waals surface area (Å²) < 4.78 is 27.6. The van der Waals surface area contributed by atoms with Crippen molar-refractivity contribution in [3.05, 3.63) is 48.5 Å². The van der Waals surface area contributed by atoms with E-state index in [-0.39, 0.29) is 10.8 Å². The van der Waals surface area contributed by atoms with Crippen molar-refractivity contribution in [2.24, 2.45) is 0 Å². The van der Waals surface area contributed by atoms with E-state index in [4.69, 9.17) is 0 Å². The highest BCUT2D eigenvalue weighted by atomic mass is 32.2. The van der Waals surface area contributed by atoms with Crippen molar-refractivity contribution in [2.75, 3.05) is 42.7 Å². The molecule has 1 N–H and O–H groups in total. The van der Waals surface area contributed by atoms with Gasteiger partial charge in [0.1, 0.15) is 0 Å². The molecule has 6 nitrogen and oxygen atoms in total. The van der Waals surface area contributed by atoms with Gasteiger partial charge in [0.2, 0.25) is 15.9 Å². The van der Waals surface area contributed by atoms with Crippen molar-refractivity contribution in [1.82, 2.24) is 4.31 Å². The van der Waals surface area contributed by atoms with E-state index in [9.17, 15) is 13.2 Å². The Bertz CT molecular complexity index is 909. The Hall–Kier alpha value is -2.03. The summed E-state index contributed by atoms with van der Waals surface area (Å²) in [7, 11) is -3.60. The average Bonchev–Trinajstić information content (AvgIpc) is 2.68. The molecule has 0 saturated carbocycles. The van der Waals surface area contributed by atoms with E-state index in [1.165, 1.54) is 23.0 Å². The number of benzene rings is 2. The van der Waals surface area contributed by atoms with Crippen LogP contribution in [-0.4, -0.2) is 51.1 Å². The van der Waals surface area contributed by atoms with Crippen LogP contribution in [0.4, 0.5) is 11.4 Å². The third-order valence-corrected chi connectivity index (χ3v) is 7.17. The fourth-order valence-corrected chi connectivity index (χ4v) is 5.09. The molecule has 0 aliphatic carbocycles. The van der Waals surface area contributed by atoms with E-state index in [1.807, 2.05) is 36.6 Å². The zero-order chi connectivity index (χ0) is 19.4. The van der Waals surface area contributed by atoms with Gasteiger partial charge in [-0.2, -0.15) is 4.31 Å². The maximum absolute atomic E-state index is 13.1. The molecule has 0 atom stereocenters. The van der Waals surface area contributed by atoms with Crippen molar-refractivity contribution >= 4 is 39.1 Å². The number of amides is 1. The molecule has 1 aliphatic rings. The summed E-state index contributed by atoms with van der Waals surface area (Å²) in [5, 5.41) is 2.72. The number of nitrogens with zero attached hydrogens (tertiary/aromatic N) is 2. The maximum Gasteiger partial charge on any atom is 0.243 e. The molecule has 1 amide bonds. The van der Waals surface area contributed by atoms with Crippen LogP contribution in [0.25, 0.3) is 0 Å². The van der Waals surface area contributed by atoms with Crippen LogP contribution in [0.15, 0.2) is 58.3 Å². The van der Waals surface area contributed by atoms with E-state index < -0.39 is 10.0 Å². The monoisotopic (exact) mass is 405 g/mol. The summed E-state index contributed by atoms with van der Waals surface area (Å²) in [4.78, 5) is 14.7. The Labute approximate surface area is 164 Å². The molecule has 0 unspecified atom stereocenters. The summed E-state index contributed by atoms with van der Waals surface area (Å²) >= 11 is 1.46. The van der Waals surface area contributed by atoms with Crippen LogP contribution in [-0.2, 0) is 14.8 Å². The minimum atomic E-state index is -3.60. The van der Waals surface area contributed by atoms with Crippen molar-refractivity contribution in [2.45, 2.75) is 16.7 Å². The number of thioether (sulfide) groups is 1. The van der Waals surface area contributed by atoms with Gasteiger partial charge in [0.05, 0.1) is 10.6 Å². The van der Waals surface area contributed by atoms with Gasteiger partial charge in [-0.25, -0.2) is 8.42 Å². The number of anilines is 2. The average molecular weight is 406 g/mol. The normalized spacial score (nSPS) is 15.6. The molecule has 1 heterocycles. The van der Waals surface area contributed by atoms with Gasteiger partial charge in [-0.05, 0) is 36.6 Å². The largest absolute Gasteiger partial charge is 0.369 e. The van der Waals surface area contributed by atoms with Gasteiger partial charge in [0.15, 0.2) is 0 Å². The lowest BCUT2D eigenvalue weighted by Crippen LogP contribution is -2.48. The molecule has 0 bridgehead atoms. The lowest BCUT2D eigenvalue weighted by Gasteiger charge is -2.35. The molecule has 2 aromatic rings. The molecule has 1 aliphatic heterocycles. The maximum atomic E-state index is 13.1. The van der Waals surface area contributed by atoms with E-state index in [1.54, 1.807) is 18.2 Å². The van der Waals surface area contributed by atoms with Gasteiger partial charge >= 0.3 is 0 Å². The minimum absolute atomic E-state index is 0.206. The van der Waals surface area contributed by atoms with Crippen molar-refractivity contribution in [3.63, 3.8) is 0 Å². The number of nitrogens with one attached hydrogen (secondary N) is 1. The Kier molecular flexibility index (Phi) is 6.08. The number of carbonyl (C=O) groups excluding carboxylic acids is 1. The molecule has 27 heavy (non-hydrogen) atoms. The van der Waals surface area contributed by atoms with Crippen molar-refractivity contribution in [3.8, 4) is 0 Å². The summed E-state index contributed by atoms with van der Waals surface area (Å²) in [6.45, 7) is 3.55. The lowest BCUT2D eigenvalue weighted by molar-refractivity contribution is -0.114. The number of para-hydroxylation sites is 1. The molecule has 3 rings (SSSR count). The van der Waals surface area contributed by atoms with Gasteiger partial charge in [0.25, 0.3) is 0 Å². The topological polar surface area (TPSA) is 69.7 Å². The summed E-state index contributed by atoms with van der Waals surface area (Å²) in [6.07, 6.45) is 1.89. The standard InChI is InChI=1S/C19H23N3O3S2/c1-15(23)20-18-14-17(8-9-19(18)26-2)27(24,25)22-12-10-21(11-13-22)16-6-4-3-5-7-16/h3-9,14H,10-13H2,1-2H3,(H,20,23). The van der Waals surface area contributed by atoms with Crippen molar-refractivity contribution in [1.29, 1.82) is 0 Å². The van der Waals surface area contributed by atoms with Crippen LogP contribution in [0, 0.1) is 0 Å². The number of hydrogen-bond acceptors (Lipinski definition) is 5. The van der Waals surface area contributed by atoms with Crippen LogP contribution in [0.5, 0.6) is 0 Å². The SMILES string of the molecule is CSc1ccc(S(=O)(=O)N2CCN(c3ccccc3)CC2)cc1NC(C)=O. The first-order valence-corrected chi connectivity index (χ1v) is 11.3. The first-order chi connectivity index (χ1) is 12.9. The second-order valence-corrected chi connectivity index (χ2v) is 9.06. The number of piperazine rings is 1. The quantitative estimate of drug-likeness (QED) is 0.775. The lowest BCUT2D eigenvalue weighted by atomic mass is 10.2. The zero-order valence-electron chi connectivity index (χ0n) is 15.4. The summed E-state index contributed by atoms with van der Waals surface area (Å²) in [5.41, 5.74) is 1.63. The third kappa shape index (κ3) is 4.45. The summed E-state index contributed by atoms with van der Waals surface area (Å²) in [6, 6.07) is 14.9. The van der Waals surface area contributed by atoms with Crippen LogP contribution in [0.2, 0.25) is 0 Å². The first kappa shape index (κ1) is 19.7. The highest BCUT2D eigenvalue weighted by Gasteiger charge is 2.29. The molecule has 0 radical (unpaired) electrons. The molecule has 1 fully saturated rings. The van der Waals surface area contributed by atoms with Crippen LogP contribution in [0.3, 0.4) is 0 Å². The fourth-order valence-electron chi connectivity index (χ4n) is 3.11. The molecule has 1 saturated heterocycles. The zero-order valence-corrected chi connectivity index (χ0v) is 17.0. The molecule has 144 valence electrons. The van der Waals surface area contributed by atoms with Gasteiger partial charge in [-0.15, -0.1) is 11.8 Å². The number of hydrogen-bond donors (Lipinski definition) is 1. The molecule has 0 aromatic heterocycles. The van der Waals surface area contributed by atoms with Gasteiger partial charge in [0, 0.05) is 43.7 Å². The van der Waals surface area contributed by atoms with E-state index in [0.29, 0.717) is 31.9 Å². The first-order valence-electron chi connectivity index (χ1n) is 8.67. The van der Waals surface area contributed by atoms with Crippen LogP contribution >= 0.6 is 11.8 Å². The Morgan fingerprint density at radius 1 is 1.04 bits per heavy atom. The molecule has 0 spiro atoms. The molecular weight excluding hydrogens is 382 g/mol. The summed E-state index contributed by atoms with van der Waals surface area (Å²) in [5.74, 6) is -0.226. The second kappa shape index (κ2) is 8.33. The fraction of sp³-hybridized carbons (Fsp3) is 0.316. The number of rotatable bonds is 5. The van der Waals surface area contributed by atoms with E-state index in [2.05, 4.69) is 10.2 Å². The highest BCUT2D eigenvalue weighted by molar-refractivity contribution is 7.98. The van der Waals surface area contributed by atoms with Crippen LogP contribution < -0.4 is 10.2 Å². The smallest absolute Gasteiger partial charge is 0.243 e. The molecule has 2 aromatic carbocycles. The van der Waals surface area contributed by atoms with Crippen LogP contribution in [0.1, 0.15) is 6.92 Å². The second-order valence-electron chi connectivity index (χ2n) is 6.27. The predicted octanol–water partition coefficient (Wildman–Crippen LogP) is 2.88. The molecule has 8 heteroatoms. The Morgan fingerprint density at radius 2 is 1.70 bits per heavy atom.